The number of aromatic nitrogens is 2. The summed E-state index contributed by atoms with van der Waals surface area (Å²) in [6.07, 6.45) is 1.01. The minimum atomic E-state index is -3.63. The lowest BCUT2D eigenvalue weighted by atomic mass is 10.2. The van der Waals surface area contributed by atoms with Crippen LogP contribution >= 0.6 is 0 Å². The number of piperazine rings is 1. The lowest BCUT2D eigenvalue weighted by Gasteiger charge is -2.33. The number of hydrogen-bond acceptors (Lipinski definition) is 7. The van der Waals surface area contributed by atoms with Gasteiger partial charge in [0.05, 0.1) is 17.0 Å². The van der Waals surface area contributed by atoms with Crippen LogP contribution in [0.1, 0.15) is 12.2 Å². The third-order valence-electron chi connectivity index (χ3n) is 5.87. The van der Waals surface area contributed by atoms with Crippen molar-refractivity contribution in [2.75, 3.05) is 58.7 Å². The molecule has 0 aliphatic carbocycles. The quantitative estimate of drug-likeness (QED) is 0.466. The van der Waals surface area contributed by atoms with E-state index in [1.807, 2.05) is 24.3 Å². The van der Waals surface area contributed by atoms with Crippen molar-refractivity contribution in [3.8, 4) is 0 Å². The van der Waals surface area contributed by atoms with E-state index in [0.717, 1.165) is 36.2 Å². The highest BCUT2D eigenvalue weighted by atomic mass is 32.2. The number of anilines is 1. The minimum absolute atomic E-state index is 0.116. The summed E-state index contributed by atoms with van der Waals surface area (Å²) in [5, 5.41) is 4.45. The molecule has 3 aromatic rings. The van der Waals surface area contributed by atoms with Gasteiger partial charge in [-0.1, -0.05) is 12.1 Å². The standard InChI is InChI=1S/C24H31FN6O2S/c1-29(2)13-5-12-26-24-21-6-3-4-7-22(21)27-23(28-24)18-30-14-16-31(17-15-30)34(32,33)20-10-8-19(25)9-11-20/h3-4,6-11H,5,12-18H2,1-2H3,(H,26,27,28). The van der Waals surface area contributed by atoms with Crippen LogP contribution in [-0.2, 0) is 16.6 Å². The largest absolute Gasteiger partial charge is 0.369 e. The van der Waals surface area contributed by atoms with Crippen molar-refractivity contribution in [1.82, 2.24) is 24.1 Å². The Morgan fingerprint density at radius 1 is 1.00 bits per heavy atom. The number of benzene rings is 2. The molecule has 2 heterocycles. The first-order chi connectivity index (χ1) is 16.3. The van der Waals surface area contributed by atoms with Crippen LogP contribution in [0.25, 0.3) is 10.9 Å². The fourth-order valence-electron chi connectivity index (χ4n) is 4.02. The Morgan fingerprint density at radius 2 is 1.71 bits per heavy atom. The fourth-order valence-corrected chi connectivity index (χ4v) is 5.44. The number of para-hydroxylation sites is 1. The van der Waals surface area contributed by atoms with Gasteiger partial charge in [-0.25, -0.2) is 22.8 Å². The van der Waals surface area contributed by atoms with Gasteiger partial charge in [0.25, 0.3) is 0 Å². The molecule has 4 rings (SSSR count). The normalized spacial score (nSPS) is 15.8. The number of nitrogens with zero attached hydrogens (tertiary/aromatic N) is 5. The number of fused-ring (bicyclic) bond motifs is 1. The SMILES string of the molecule is CN(C)CCCNc1nc(CN2CCN(S(=O)(=O)c3ccc(F)cc3)CC2)nc2ccccc12. The van der Waals surface area contributed by atoms with E-state index in [0.29, 0.717) is 38.5 Å². The first-order valence-electron chi connectivity index (χ1n) is 11.5. The maximum Gasteiger partial charge on any atom is 0.243 e. The lowest BCUT2D eigenvalue weighted by molar-refractivity contribution is 0.178. The lowest BCUT2D eigenvalue weighted by Crippen LogP contribution is -2.48. The topological polar surface area (TPSA) is 81.7 Å². The second-order valence-electron chi connectivity index (χ2n) is 8.72. The number of nitrogens with one attached hydrogen (secondary N) is 1. The zero-order valence-electron chi connectivity index (χ0n) is 19.6. The second-order valence-corrected chi connectivity index (χ2v) is 10.7. The Labute approximate surface area is 200 Å². The molecule has 182 valence electrons. The van der Waals surface area contributed by atoms with E-state index in [1.54, 1.807) is 0 Å². The number of sulfonamides is 1. The molecule has 1 fully saturated rings. The van der Waals surface area contributed by atoms with Gasteiger partial charge in [0, 0.05) is 38.1 Å². The summed E-state index contributed by atoms with van der Waals surface area (Å²) in [6.45, 7) is 4.23. The molecule has 34 heavy (non-hydrogen) atoms. The molecular weight excluding hydrogens is 455 g/mol. The Bertz CT molecular complexity index is 1210. The van der Waals surface area contributed by atoms with Crippen LogP contribution in [0.4, 0.5) is 10.2 Å². The first kappa shape index (κ1) is 24.5. The van der Waals surface area contributed by atoms with E-state index in [-0.39, 0.29) is 4.90 Å². The van der Waals surface area contributed by atoms with Gasteiger partial charge >= 0.3 is 0 Å². The van der Waals surface area contributed by atoms with Gasteiger partial charge in [0.2, 0.25) is 10.0 Å². The maximum absolute atomic E-state index is 13.2. The van der Waals surface area contributed by atoms with Crippen molar-refractivity contribution in [1.29, 1.82) is 0 Å². The molecule has 1 aromatic heterocycles. The van der Waals surface area contributed by atoms with Gasteiger partial charge in [0.1, 0.15) is 17.5 Å². The van der Waals surface area contributed by atoms with Crippen LogP contribution in [0.15, 0.2) is 53.4 Å². The highest BCUT2D eigenvalue weighted by Crippen LogP contribution is 2.22. The van der Waals surface area contributed by atoms with Crippen molar-refractivity contribution in [2.24, 2.45) is 0 Å². The zero-order valence-corrected chi connectivity index (χ0v) is 20.4. The van der Waals surface area contributed by atoms with Crippen LogP contribution in [0.2, 0.25) is 0 Å². The molecular formula is C24H31FN6O2S. The van der Waals surface area contributed by atoms with Gasteiger partial charge < -0.3 is 10.2 Å². The van der Waals surface area contributed by atoms with Crippen molar-refractivity contribution in [2.45, 2.75) is 17.9 Å². The Hall–Kier alpha value is -2.66. The number of rotatable bonds is 9. The average Bonchev–Trinajstić information content (AvgIpc) is 2.82. The van der Waals surface area contributed by atoms with Crippen LogP contribution < -0.4 is 5.32 Å². The second kappa shape index (κ2) is 10.7. The summed E-state index contributed by atoms with van der Waals surface area (Å²) in [4.78, 5) is 14.0. The number of halogens is 1. The highest BCUT2D eigenvalue weighted by molar-refractivity contribution is 7.89. The van der Waals surface area contributed by atoms with Crippen molar-refractivity contribution < 1.29 is 12.8 Å². The first-order valence-corrected chi connectivity index (χ1v) is 12.9. The molecule has 10 heteroatoms. The van der Waals surface area contributed by atoms with Gasteiger partial charge in [-0.05, 0) is 63.5 Å². The Balaban J connectivity index is 1.41. The Kier molecular flexibility index (Phi) is 7.72. The summed E-state index contributed by atoms with van der Waals surface area (Å²) >= 11 is 0. The van der Waals surface area contributed by atoms with E-state index < -0.39 is 15.8 Å². The maximum atomic E-state index is 13.2. The monoisotopic (exact) mass is 486 g/mol. The smallest absolute Gasteiger partial charge is 0.243 e. The molecule has 0 saturated carbocycles. The molecule has 1 aliphatic heterocycles. The summed E-state index contributed by atoms with van der Waals surface area (Å²) in [7, 11) is 0.482. The fraction of sp³-hybridized carbons (Fsp3) is 0.417. The molecule has 1 N–H and O–H groups in total. The molecule has 0 spiro atoms. The predicted molar refractivity (Wildman–Crippen MR) is 132 cm³/mol. The van der Waals surface area contributed by atoms with Crippen molar-refractivity contribution in [3.05, 3.63) is 60.2 Å². The zero-order chi connectivity index (χ0) is 24.1. The van der Waals surface area contributed by atoms with Gasteiger partial charge in [0.15, 0.2) is 0 Å². The van der Waals surface area contributed by atoms with Crippen LogP contribution in [0.3, 0.4) is 0 Å². The van der Waals surface area contributed by atoms with E-state index in [9.17, 15) is 12.8 Å². The molecule has 0 atom stereocenters. The van der Waals surface area contributed by atoms with Crippen LogP contribution in [0, 0.1) is 5.82 Å². The summed E-state index contributed by atoms with van der Waals surface area (Å²) in [5.41, 5.74) is 0.889. The van der Waals surface area contributed by atoms with Crippen LogP contribution in [-0.4, -0.2) is 85.9 Å². The van der Waals surface area contributed by atoms with E-state index in [2.05, 4.69) is 29.2 Å². The third kappa shape index (κ3) is 5.87. The molecule has 8 nitrogen and oxygen atoms in total. The molecule has 1 saturated heterocycles. The summed E-state index contributed by atoms with van der Waals surface area (Å²) in [5.74, 6) is 1.09. The third-order valence-corrected chi connectivity index (χ3v) is 7.78. The van der Waals surface area contributed by atoms with E-state index in [1.165, 1.54) is 28.6 Å². The average molecular weight is 487 g/mol. The Morgan fingerprint density at radius 3 is 2.41 bits per heavy atom. The molecule has 0 radical (unpaired) electrons. The van der Waals surface area contributed by atoms with Crippen molar-refractivity contribution in [3.63, 3.8) is 0 Å². The highest BCUT2D eigenvalue weighted by Gasteiger charge is 2.28. The van der Waals surface area contributed by atoms with Gasteiger partial charge in [-0.15, -0.1) is 0 Å². The summed E-state index contributed by atoms with van der Waals surface area (Å²) in [6, 6.07) is 12.9. The van der Waals surface area contributed by atoms with E-state index in [4.69, 9.17) is 9.97 Å². The minimum Gasteiger partial charge on any atom is -0.369 e. The van der Waals surface area contributed by atoms with Gasteiger partial charge in [-0.2, -0.15) is 4.31 Å². The summed E-state index contributed by atoms with van der Waals surface area (Å²) < 4.78 is 40.4. The van der Waals surface area contributed by atoms with Crippen molar-refractivity contribution >= 4 is 26.7 Å². The van der Waals surface area contributed by atoms with E-state index >= 15 is 0 Å². The molecule has 1 aliphatic rings. The van der Waals surface area contributed by atoms with Gasteiger partial charge in [-0.3, -0.25) is 4.90 Å². The molecule has 2 aromatic carbocycles. The molecule has 0 amide bonds. The van der Waals surface area contributed by atoms with Crippen LogP contribution in [0.5, 0.6) is 0 Å². The number of hydrogen-bond donors (Lipinski definition) is 1. The predicted octanol–water partition coefficient (Wildman–Crippen LogP) is 2.64. The molecule has 0 bridgehead atoms. The molecule has 0 unspecified atom stereocenters.